The predicted octanol–water partition coefficient (Wildman–Crippen LogP) is 2.31. The molecule has 0 aromatic heterocycles. The minimum absolute atomic E-state index is 0. The van der Waals surface area contributed by atoms with Crippen molar-refractivity contribution in [3.05, 3.63) is 35.9 Å². The number of amides is 1. The molecule has 1 aromatic carbocycles. The molecule has 0 saturated heterocycles. The average molecular weight is 271 g/mol. The third-order valence-corrected chi connectivity index (χ3v) is 2.85. The van der Waals surface area contributed by atoms with Crippen LogP contribution in [0.3, 0.4) is 0 Å². The molecule has 3 nitrogen and oxygen atoms in total. The lowest BCUT2D eigenvalue weighted by molar-refractivity contribution is -0.124. The lowest BCUT2D eigenvalue weighted by Gasteiger charge is -2.22. The van der Waals surface area contributed by atoms with Gasteiger partial charge in [0.15, 0.2) is 0 Å². The number of carbonyl (C=O) groups excluding carboxylic acids is 1. The van der Waals surface area contributed by atoms with Crippen LogP contribution in [0.4, 0.5) is 0 Å². The summed E-state index contributed by atoms with van der Waals surface area (Å²) in [6, 6.07) is 9.90. The highest BCUT2D eigenvalue weighted by molar-refractivity contribution is 5.85. The van der Waals surface area contributed by atoms with Gasteiger partial charge in [0.2, 0.25) is 5.91 Å². The Morgan fingerprint density at radius 3 is 2.22 bits per heavy atom. The van der Waals surface area contributed by atoms with Crippen molar-refractivity contribution in [3.8, 4) is 0 Å². The maximum absolute atomic E-state index is 12.2. The van der Waals surface area contributed by atoms with Gasteiger partial charge in [-0.2, -0.15) is 0 Å². The number of nitrogens with one attached hydrogen (secondary N) is 1. The number of rotatable bonds is 5. The minimum atomic E-state index is -0.106. The van der Waals surface area contributed by atoms with E-state index in [4.69, 9.17) is 5.73 Å². The highest BCUT2D eigenvalue weighted by Gasteiger charge is 2.24. The van der Waals surface area contributed by atoms with E-state index in [0.717, 1.165) is 5.56 Å². The van der Waals surface area contributed by atoms with E-state index in [1.165, 1.54) is 0 Å². The van der Waals surface area contributed by atoms with Crippen molar-refractivity contribution in [2.24, 2.45) is 11.7 Å². The molecule has 1 amide bonds. The molecule has 4 heteroatoms. The molecule has 0 aliphatic rings. The fourth-order valence-corrected chi connectivity index (χ4v) is 1.89. The first-order chi connectivity index (χ1) is 8.06. The van der Waals surface area contributed by atoms with Crippen LogP contribution in [-0.4, -0.2) is 18.5 Å². The first-order valence-corrected chi connectivity index (χ1v) is 6.11. The monoisotopic (exact) mass is 270 g/mol. The standard InChI is InChI=1S/C14H22N2O.ClH/c1-10(2)13(12-7-5-4-6-8-12)14(17)16-11(3)9-15;/h4-8,10-11,13H,9,15H2,1-3H3,(H,16,17);1H/t11-,13?;/m0./s1. The van der Waals surface area contributed by atoms with E-state index < -0.39 is 0 Å². The first-order valence-electron chi connectivity index (χ1n) is 6.11. The quantitative estimate of drug-likeness (QED) is 0.863. The van der Waals surface area contributed by atoms with Crippen molar-refractivity contribution in [1.29, 1.82) is 0 Å². The van der Waals surface area contributed by atoms with Crippen LogP contribution in [0.2, 0.25) is 0 Å². The van der Waals surface area contributed by atoms with Gasteiger partial charge >= 0.3 is 0 Å². The fourth-order valence-electron chi connectivity index (χ4n) is 1.89. The Hall–Kier alpha value is -1.06. The molecule has 0 aliphatic carbocycles. The van der Waals surface area contributed by atoms with E-state index in [-0.39, 0.29) is 36.2 Å². The van der Waals surface area contributed by atoms with Gasteiger partial charge in [-0.3, -0.25) is 4.79 Å². The Morgan fingerprint density at radius 1 is 1.22 bits per heavy atom. The Balaban J connectivity index is 0.00000289. The summed E-state index contributed by atoms with van der Waals surface area (Å²) in [6.07, 6.45) is 0. The van der Waals surface area contributed by atoms with Crippen LogP contribution < -0.4 is 11.1 Å². The average Bonchev–Trinajstić information content (AvgIpc) is 2.29. The van der Waals surface area contributed by atoms with E-state index in [2.05, 4.69) is 19.2 Å². The molecule has 0 radical (unpaired) electrons. The summed E-state index contributed by atoms with van der Waals surface area (Å²) in [5.41, 5.74) is 6.58. The third-order valence-electron chi connectivity index (χ3n) is 2.85. The molecule has 18 heavy (non-hydrogen) atoms. The Morgan fingerprint density at radius 2 is 1.78 bits per heavy atom. The summed E-state index contributed by atoms with van der Waals surface area (Å²) < 4.78 is 0. The molecule has 1 unspecified atom stereocenters. The third kappa shape index (κ3) is 4.67. The minimum Gasteiger partial charge on any atom is -0.352 e. The second-order valence-electron chi connectivity index (χ2n) is 4.78. The molecule has 1 rings (SSSR count). The van der Waals surface area contributed by atoms with E-state index in [1.807, 2.05) is 37.3 Å². The van der Waals surface area contributed by atoms with Crippen LogP contribution in [0.1, 0.15) is 32.3 Å². The number of hydrogen-bond acceptors (Lipinski definition) is 2. The summed E-state index contributed by atoms with van der Waals surface area (Å²) in [5.74, 6) is 0.219. The highest BCUT2D eigenvalue weighted by Crippen LogP contribution is 2.24. The van der Waals surface area contributed by atoms with Crippen molar-refractivity contribution in [1.82, 2.24) is 5.32 Å². The zero-order chi connectivity index (χ0) is 12.8. The van der Waals surface area contributed by atoms with Gasteiger partial charge in [-0.1, -0.05) is 44.2 Å². The topological polar surface area (TPSA) is 55.1 Å². The van der Waals surface area contributed by atoms with Crippen molar-refractivity contribution in [2.75, 3.05) is 6.54 Å². The van der Waals surface area contributed by atoms with E-state index >= 15 is 0 Å². The normalized spacial score (nSPS) is 13.6. The smallest absolute Gasteiger partial charge is 0.228 e. The van der Waals surface area contributed by atoms with Crippen LogP contribution in [0.25, 0.3) is 0 Å². The molecule has 102 valence electrons. The molecule has 2 atom stereocenters. The molecule has 0 bridgehead atoms. The van der Waals surface area contributed by atoms with Gasteiger partial charge in [-0.15, -0.1) is 12.4 Å². The Bertz CT molecular complexity index is 354. The van der Waals surface area contributed by atoms with Crippen molar-refractivity contribution in [3.63, 3.8) is 0 Å². The summed E-state index contributed by atoms with van der Waals surface area (Å²) in [4.78, 5) is 12.2. The van der Waals surface area contributed by atoms with Gasteiger partial charge in [-0.05, 0) is 18.4 Å². The van der Waals surface area contributed by atoms with Crippen LogP contribution in [-0.2, 0) is 4.79 Å². The lowest BCUT2D eigenvalue weighted by Crippen LogP contribution is -2.41. The number of carbonyl (C=O) groups is 1. The summed E-state index contributed by atoms with van der Waals surface area (Å²) in [7, 11) is 0. The van der Waals surface area contributed by atoms with Gasteiger partial charge in [-0.25, -0.2) is 0 Å². The molecular formula is C14H23ClN2O. The summed E-state index contributed by atoms with van der Waals surface area (Å²) in [6.45, 7) is 6.50. The Kier molecular flexibility index (Phi) is 7.64. The van der Waals surface area contributed by atoms with Crippen LogP contribution in [0.5, 0.6) is 0 Å². The van der Waals surface area contributed by atoms with Crippen LogP contribution >= 0.6 is 12.4 Å². The fraction of sp³-hybridized carbons (Fsp3) is 0.500. The van der Waals surface area contributed by atoms with E-state index in [1.54, 1.807) is 0 Å². The van der Waals surface area contributed by atoms with Gasteiger partial charge < -0.3 is 11.1 Å². The van der Waals surface area contributed by atoms with Gasteiger partial charge in [0, 0.05) is 12.6 Å². The molecule has 0 saturated carbocycles. The maximum Gasteiger partial charge on any atom is 0.228 e. The molecule has 0 spiro atoms. The predicted molar refractivity (Wildman–Crippen MR) is 77.9 cm³/mol. The number of hydrogen-bond donors (Lipinski definition) is 2. The SMILES string of the molecule is CC(C)C(C(=O)N[C@@H](C)CN)c1ccccc1.Cl. The summed E-state index contributed by atoms with van der Waals surface area (Å²) in [5, 5.41) is 2.95. The van der Waals surface area contributed by atoms with Crippen LogP contribution in [0.15, 0.2) is 30.3 Å². The van der Waals surface area contributed by atoms with Gasteiger partial charge in [0.05, 0.1) is 5.92 Å². The second kappa shape index (κ2) is 8.11. The number of halogens is 1. The Labute approximate surface area is 116 Å². The molecular weight excluding hydrogens is 248 g/mol. The molecule has 0 aliphatic heterocycles. The summed E-state index contributed by atoms with van der Waals surface area (Å²) >= 11 is 0. The second-order valence-corrected chi connectivity index (χ2v) is 4.78. The molecule has 0 heterocycles. The number of benzene rings is 1. The maximum atomic E-state index is 12.2. The number of nitrogens with two attached hydrogens (primary N) is 1. The van der Waals surface area contributed by atoms with Gasteiger partial charge in [0.1, 0.15) is 0 Å². The molecule has 3 N–H and O–H groups in total. The van der Waals surface area contributed by atoms with Gasteiger partial charge in [0.25, 0.3) is 0 Å². The van der Waals surface area contributed by atoms with Crippen molar-refractivity contribution < 1.29 is 4.79 Å². The molecule has 0 fully saturated rings. The zero-order valence-corrected chi connectivity index (χ0v) is 12.0. The van der Waals surface area contributed by atoms with Crippen molar-refractivity contribution >= 4 is 18.3 Å². The van der Waals surface area contributed by atoms with Crippen molar-refractivity contribution in [2.45, 2.75) is 32.7 Å². The molecule has 1 aromatic rings. The largest absolute Gasteiger partial charge is 0.352 e. The van der Waals surface area contributed by atoms with Crippen LogP contribution in [0, 0.1) is 5.92 Å². The highest BCUT2D eigenvalue weighted by atomic mass is 35.5. The van der Waals surface area contributed by atoms with E-state index in [0.29, 0.717) is 6.54 Å². The first kappa shape index (κ1) is 16.9. The lowest BCUT2D eigenvalue weighted by atomic mass is 9.87. The van der Waals surface area contributed by atoms with E-state index in [9.17, 15) is 4.79 Å². The zero-order valence-electron chi connectivity index (χ0n) is 11.2.